The summed E-state index contributed by atoms with van der Waals surface area (Å²) in [6.07, 6.45) is 2.97. The molecule has 0 saturated heterocycles. The summed E-state index contributed by atoms with van der Waals surface area (Å²) in [4.78, 5) is 25.4. The van der Waals surface area contributed by atoms with Crippen LogP contribution in [0.15, 0.2) is 12.2 Å². The quantitative estimate of drug-likeness (QED) is 0.281. The Morgan fingerprint density at radius 2 is 1.94 bits per heavy atom. The summed E-state index contributed by atoms with van der Waals surface area (Å²) in [7, 11) is 0. The van der Waals surface area contributed by atoms with Crippen molar-refractivity contribution in [3.05, 3.63) is 17.7 Å². The Kier molecular flexibility index (Phi) is 6.42. The van der Waals surface area contributed by atoms with Crippen molar-refractivity contribution in [2.75, 3.05) is 0 Å². The van der Waals surface area contributed by atoms with Gasteiger partial charge in [-0.2, -0.15) is 4.79 Å². The van der Waals surface area contributed by atoms with Crippen molar-refractivity contribution in [1.82, 2.24) is 5.32 Å². The zero-order chi connectivity index (χ0) is 13.6. The molecule has 5 nitrogen and oxygen atoms in total. The Balaban J connectivity index is 5.09. The topological polar surface area (TPSA) is 82.6 Å². The van der Waals surface area contributed by atoms with Crippen LogP contribution in [0.1, 0.15) is 13.8 Å². The molecular weight excluding hydrogens is 288 g/mol. The molecule has 8 heteroatoms. The lowest BCUT2D eigenvalue weighted by Crippen LogP contribution is -2.47. The second-order valence-corrected chi connectivity index (χ2v) is 5.30. The molecule has 0 aliphatic rings. The van der Waals surface area contributed by atoms with Crippen LogP contribution in [0.2, 0.25) is 0 Å². The molecule has 0 spiro atoms. The second-order valence-electron chi connectivity index (χ2n) is 3.02. The molecule has 1 atom stereocenters. The summed E-state index contributed by atoms with van der Waals surface area (Å²) in [5.74, 6) is -1.44. The highest BCUT2D eigenvalue weighted by molar-refractivity contribution is 6.76. The number of alkyl halides is 3. The van der Waals surface area contributed by atoms with E-state index in [4.69, 9.17) is 40.3 Å². The van der Waals surface area contributed by atoms with Crippen molar-refractivity contribution in [3.63, 3.8) is 0 Å². The highest BCUT2D eigenvalue weighted by Gasteiger charge is 2.35. The Morgan fingerprint density at radius 1 is 1.41 bits per heavy atom. The monoisotopic (exact) mass is 297 g/mol. The van der Waals surface area contributed by atoms with Crippen LogP contribution >= 0.6 is 34.8 Å². The Bertz CT molecular complexity index is 395. The van der Waals surface area contributed by atoms with Gasteiger partial charge in [-0.25, -0.2) is 0 Å². The number of hydrogen-bond acceptors (Lipinski definition) is 2. The first-order valence-corrected chi connectivity index (χ1v) is 5.60. The van der Waals surface area contributed by atoms with E-state index >= 15 is 0 Å². The number of allylic oxidation sites excluding steroid dienone is 1. The number of rotatable bonds is 4. The number of nitrogens with one attached hydrogen (secondary N) is 1. The fraction of sp³-hybridized carbons (Fsp3) is 0.444. The molecule has 0 aromatic carbocycles. The number of ketones is 1. The first-order valence-electron chi connectivity index (χ1n) is 4.47. The van der Waals surface area contributed by atoms with Crippen molar-refractivity contribution in [2.45, 2.75) is 23.7 Å². The third-order valence-electron chi connectivity index (χ3n) is 1.69. The van der Waals surface area contributed by atoms with E-state index in [0.717, 1.165) is 0 Å². The molecule has 0 aromatic rings. The molecule has 0 aromatic heterocycles. The van der Waals surface area contributed by atoms with E-state index in [-0.39, 0.29) is 5.71 Å². The van der Waals surface area contributed by atoms with E-state index in [2.05, 4.69) is 10.1 Å². The molecule has 0 aliphatic carbocycles. The summed E-state index contributed by atoms with van der Waals surface area (Å²) < 4.78 is -2.16. The van der Waals surface area contributed by atoms with Gasteiger partial charge in [0.15, 0.2) is 6.04 Å². The largest absolute Gasteiger partial charge is 0.361 e. The second kappa shape index (κ2) is 6.77. The minimum Gasteiger partial charge on any atom is -0.361 e. The smallest absolute Gasteiger partial charge is 0.360 e. The van der Waals surface area contributed by atoms with E-state index < -0.39 is 21.5 Å². The van der Waals surface area contributed by atoms with E-state index in [1.807, 2.05) is 0 Å². The fourth-order valence-electron chi connectivity index (χ4n) is 0.975. The molecule has 0 aliphatic heterocycles. The van der Waals surface area contributed by atoms with Crippen molar-refractivity contribution in [3.8, 4) is 0 Å². The lowest BCUT2D eigenvalue weighted by atomic mass is 10.1. The Labute approximate surface area is 113 Å². The van der Waals surface area contributed by atoms with Gasteiger partial charge in [-0.3, -0.25) is 9.59 Å². The number of amides is 1. The number of carbonyl (C=O) groups excluding carboxylic acids is 2. The molecule has 0 heterocycles. The van der Waals surface area contributed by atoms with Crippen LogP contribution in [0.3, 0.4) is 0 Å². The summed E-state index contributed by atoms with van der Waals surface area (Å²) in [5, 5.41) is 2.26. The summed E-state index contributed by atoms with van der Waals surface area (Å²) in [5.41, 5.74) is 8.43. The molecule has 1 amide bonds. The van der Waals surface area contributed by atoms with Gasteiger partial charge < -0.3 is 10.8 Å². The first kappa shape index (κ1) is 16.1. The Hall–Kier alpha value is -0.870. The van der Waals surface area contributed by atoms with Crippen molar-refractivity contribution >= 4 is 52.2 Å². The predicted molar refractivity (Wildman–Crippen MR) is 66.3 cm³/mol. The first-order chi connectivity index (χ1) is 7.73. The standard InChI is InChI=1S/C9H10Cl3N3O2/c1-3-4-6(7(15-13)5(2)16)14-8(17)9(10,11)12/h3-4,6H,1-2H3,(H,14,17)/b4-3+. The summed E-state index contributed by atoms with van der Waals surface area (Å²) in [6.45, 7) is 2.84. The van der Waals surface area contributed by atoms with Gasteiger partial charge in [0.05, 0.1) is 0 Å². The van der Waals surface area contributed by atoms with Gasteiger partial charge in [0.1, 0.15) is 0 Å². The predicted octanol–water partition coefficient (Wildman–Crippen LogP) is 1.68. The maximum Gasteiger partial charge on any atom is 0.360 e. The van der Waals surface area contributed by atoms with Crippen molar-refractivity contribution < 1.29 is 14.4 Å². The van der Waals surface area contributed by atoms with Crippen molar-refractivity contribution in [1.29, 1.82) is 0 Å². The van der Waals surface area contributed by atoms with Crippen LogP contribution in [-0.4, -0.2) is 32.0 Å². The minimum absolute atomic E-state index is 0.259. The number of nitrogens with zero attached hydrogens (tertiary/aromatic N) is 2. The lowest BCUT2D eigenvalue weighted by molar-refractivity contribution is -0.120. The zero-order valence-corrected chi connectivity index (χ0v) is 11.3. The van der Waals surface area contributed by atoms with Gasteiger partial charge in [0, 0.05) is 6.92 Å². The lowest BCUT2D eigenvalue weighted by Gasteiger charge is -2.14. The number of hydrogen-bond donors (Lipinski definition) is 1. The normalized spacial score (nSPS) is 13.0. The molecule has 0 rings (SSSR count). The van der Waals surface area contributed by atoms with E-state index in [1.165, 1.54) is 13.0 Å². The molecular formula is C9H10Cl3N3O2. The number of carbonyl (C=O) groups is 2. The SMILES string of the molecule is C/C=C/C(NC(=O)C(Cl)(Cl)Cl)C(=[N+]=[N-])C(C)=O. The average Bonchev–Trinajstić information content (AvgIpc) is 2.16. The molecule has 1 N–H and O–H groups in total. The summed E-state index contributed by atoms with van der Waals surface area (Å²) >= 11 is 16.1. The highest BCUT2D eigenvalue weighted by atomic mass is 35.6. The maximum atomic E-state index is 11.4. The van der Waals surface area contributed by atoms with Gasteiger partial charge in [0.2, 0.25) is 5.78 Å². The van der Waals surface area contributed by atoms with Gasteiger partial charge in [-0.1, -0.05) is 47.0 Å². The van der Waals surface area contributed by atoms with Crippen LogP contribution in [0, 0.1) is 0 Å². The fourth-order valence-corrected chi connectivity index (χ4v) is 1.14. The highest BCUT2D eigenvalue weighted by Crippen LogP contribution is 2.26. The third kappa shape index (κ3) is 5.33. The Morgan fingerprint density at radius 3 is 2.24 bits per heavy atom. The van der Waals surface area contributed by atoms with E-state index in [1.54, 1.807) is 13.0 Å². The van der Waals surface area contributed by atoms with Gasteiger partial charge in [0.25, 0.3) is 9.70 Å². The molecule has 17 heavy (non-hydrogen) atoms. The number of halogens is 3. The number of Topliss-reactive ketones (excluding diaryl/α,β-unsaturated/α-hetero) is 1. The van der Waals surface area contributed by atoms with Crippen LogP contribution in [0.4, 0.5) is 0 Å². The van der Waals surface area contributed by atoms with Crippen LogP contribution < -0.4 is 5.32 Å². The third-order valence-corrected chi connectivity index (χ3v) is 2.21. The molecule has 1 unspecified atom stereocenters. The molecule has 0 fully saturated rings. The maximum absolute atomic E-state index is 11.4. The van der Waals surface area contributed by atoms with Crippen LogP contribution in [0.5, 0.6) is 0 Å². The molecule has 0 radical (unpaired) electrons. The van der Waals surface area contributed by atoms with Gasteiger partial charge in [-0.15, -0.1) is 0 Å². The van der Waals surface area contributed by atoms with E-state index in [0.29, 0.717) is 0 Å². The van der Waals surface area contributed by atoms with E-state index in [9.17, 15) is 9.59 Å². The van der Waals surface area contributed by atoms with Crippen LogP contribution in [-0.2, 0) is 9.59 Å². The minimum atomic E-state index is -2.16. The average molecular weight is 299 g/mol. The van der Waals surface area contributed by atoms with Gasteiger partial charge in [-0.05, 0) is 6.92 Å². The zero-order valence-electron chi connectivity index (χ0n) is 9.08. The van der Waals surface area contributed by atoms with Crippen LogP contribution in [0.25, 0.3) is 5.53 Å². The van der Waals surface area contributed by atoms with Gasteiger partial charge >= 0.3 is 5.71 Å². The summed E-state index contributed by atoms with van der Waals surface area (Å²) in [6, 6.07) is -0.953. The molecule has 0 bridgehead atoms. The molecule has 94 valence electrons. The molecule has 0 saturated carbocycles. The van der Waals surface area contributed by atoms with Crippen molar-refractivity contribution in [2.24, 2.45) is 0 Å².